The Balaban J connectivity index is 2.21. The number of aldehydes is 1. The second kappa shape index (κ2) is 2.70. The average molecular weight is 168 g/mol. The van der Waals surface area contributed by atoms with Gasteiger partial charge in [0.15, 0.2) is 5.17 Å². The molecule has 58 valence electrons. The van der Waals surface area contributed by atoms with Crippen molar-refractivity contribution in [2.75, 3.05) is 18.8 Å². The minimum atomic E-state index is 0.745. The molecule has 0 atom stereocenters. The van der Waals surface area contributed by atoms with Gasteiger partial charge in [0.2, 0.25) is 0 Å². The van der Waals surface area contributed by atoms with Gasteiger partial charge >= 0.3 is 0 Å². The Kier molecular flexibility index (Phi) is 1.69. The van der Waals surface area contributed by atoms with E-state index in [1.807, 2.05) is 0 Å². The third kappa shape index (κ3) is 1.18. The van der Waals surface area contributed by atoms with Gasteiger partial charge in [0.05, 0.1) is 0 Å². The molecule has 2 heterocycles. The van der Waals surface area contributed by atoms with Crippen LogP contribution in [-0.4, -0.2) is 35.2 Å². The van der Waals surface area contributed by atoms with Crippen LogP contribution >= 0.6 is 11.8 Å². The summed E-state index contributed by atoms with van der Waals surface area (Å²) < 4.78 is 0. The molecule has 0 aromatic heterocycles. The molecule has 0 amide bonds. The normalized spacial score (nSPS) is 22.4. The molecule has 0 spiro atoms. The van der Waals surface area contributed by atoms with Crippen molar-refractivity contribution in [1.82, 2.24) is 4.90 Å². The quantitative estimate of drug-likeness (QED) is 0.534. The standard InChI is InChI=1S/C7H8N2OS/c10-5-6-3-8-7-9(4-6)1-2-11-7/h3,5H,1-2,4H2. The second-order valence-corrected chi connectivity index (χ2v) is 3.57. The Morgan fingerprint density at radius 2 is 2.64 bits per heavy atom. The summed E-state index contributed by atoms with van der Waals surface area (Å²) in [5.41, 5.74) is 0.774. The number of hydrogen-bond donors (Lipinski definition) is 0. The molecule has 0 radical (unpaired) electrons. The lowest BCUT2D eigenvalue weighted by Crippen LogP contribution is -2.29. The summed E-state index contributed by atoms with van der Waals surface area (Å²) >= 11 is 1.75. The summed E-state index contributed by atoms with van der Waals surface area (Å²) in [7, 11) is 0. The van der Waals surface area contributed by atoms with Crippen molar-refractivity contribution in [2.24, 2.45) is 4.99 Å². The van der Waals surface area contributed by atoms with Crippen LogP contribution in [0.5, 0.6) is 0 Å². The lowest BCUT2D eigenvalue weighted by molar-refractivity contribution is -0.105. The molecule has 0 aliphatic carbocycles. The Bertz CT molecular complexity index is 247. The number of carbonyl (C=O) groups is 1. The van der Waals surface area contributed by atoms with E-state index in [1.165, 1.54) is 0 Å². The van der Waals surface area contributed by atoms with Crippen molar-refractivity contribution in [1.29, 1.82) is 0 Å². The van der Waals surface area contributed by atoms with E-state index in [-0.39, 0.29) is 0 Å². The zero-order chi connectivity index (χ0) is 7.68. The molecule has 0 unspecified atom stereocenters. The molecular weight excluding hydrogens is 160 g/mol. The maximum absolute atomic E-state index is 10.4. The average Bonchev–Trinajstić information content (AvgIpc) is 2.50. The molecule has 3 nitrogen and oxygen atoms in total. The Labute approximate surface area is 69.2 Å². The summed E-state index contributed by atoms with van der Waals surface area (Å²) in [6.45, 7) is 1.77. The third-order valence-corrected chi connectivity index (χ3v) is 2.74. The minimum Gasteiger partial charge on any atom is -0.346 e. The highest BCUT2D eigenvalue weighted by molar-refractivity contribution is 8.14. The van der Waals surface area contributed by atoms with E-state index < -0.39 is 0 Å². The van der Waals surface area contributed by atoms with Crippen LogP contribution < -0.4 is 0 Å². The molecule has 0 aromatic carbocycles. The second-order valence-electron chi connectivity index (χ2n) is 2.50. The van der Waals surface area contributed by atoms with E-state index >= 15 is 0 Å². The molecule has 0 N–H and O–H groups in total. The lowest BCUT2D eigenvalue weighted by Gasteiger charge is -2.19. The van der Waals surface area contributed by atoms with E-state index in [0.29, 0.717) is 0 Å². The SMILES string of the molecule is O=CC1=CN=C2SCCN2C1. The predicted molar refractivity (Wildman–Crippen MR) is 45.6 cm³/mol. The highest BCUT2D eigenvalue weighted by Crippen LogP contribution is 2.21. The van der Waals surface area contributed by atoms with Gasteiger partial charge in [-0.3, -0.25) is 4.79 Å². The van der Waals surface area contributed by atoms with Crippen molar-refractivity contribution in [3.8, 4) is 0 Å². The van der Waals surface area contributed by atoms with Gasteiger partial charge in [0.1, 0.15) is 6.29 Å². The fourth-order valence-electron chi connectivity index (χ4n) is 1.17. The highest BCUT2D eigenvalue weighted by atomic mass is 32.2. The first-order valence-corrected chi connectivity index (χ1v) is 4.48. The van der Waals surface area contributed by atoms with Crippen LogP contribution in [0, 0.1) is 0 Å². The third-order valence-electron chi connectivity index (χ3n) is 1.73. The van der Waals surface area contributed by atoms with Crippen LogP contribution in [0.15, 0.2) is 16.8 Å². The first kappa shape index (κ1) is 6.91. The van der Waals surface area contributed by atoms with Crippen LogP contribution in [0.2, 0.25) is 0 Å². The highest BCUT2D eigenvalue weighted by Gasteiger charge is 2.22. The van der Waals surface area contributed by atoms with Gasteiger partial charge in [-0.2, -0.15) is 0 Å². The van der Waals surface area contributed by atoms with Crippen LogP contribution in [0.3, 0.4) is 0 Å². The topological polar surface area (TPSA) is 32.7 Å². The molecule has 0 saturated carbocycles. The van der Waals surface area contributed by atoms with Gasteiger partial charge in [-0.25, -0.2) is 4.99 Å². The van der Waals surface area contributed by atoms with Crippen molar-refractivity contribution < 1.29 is 4.79 Å². The van der Waals surface area contributed by atoms with Gasteiger partial charge in [-0.05, 0) is 0 Å². The zero-order valence-corrected chi connectivity index (χ0v) is 6.80. The predicted octanol–water partition coefficient (Wildman–Crippen LogP) is 0.488. The Morgan fingerprint density at radius 3 is 3.45 bits per heavy atom. The molecule has 11 heavy (non-hydrogen) atoms. The lowest BCUT2D eigenvalue weighted by atomic mass is 10.3. The first-order valence-electron chi connectivity index (χ1n) is 3.50. The fourth-order valence-corrected chi connectivity index (χ4v) is 2.13. The summed E-state index contributed by atoms with van der Waals surface area (Å²) in [4.78, 5) is 16.7. The summed E-state index contributed by atoms with van der Waals surface area (Å²) in [5.74, 6) is 1.10. The molecule has 2 aliphatic rings. The molecule has 2 aliphatic heterocycles. The molecular formula is C7H8N2OS. The Morgan fingerprint density at radius 1 is 1.73 bits per heavy atom. The molecule has 0 bridgehead atoms. The molecule has 1 fully saturated rings. The smallest absolute Gasteiger partial charge is 0.164 e. The van der Waals surface area contributed by atoms with Crippen LogP contribution in [-0.2, 0) is 4.79 Å². The van der Waals surface area contributed by atoms with Crippen molar-refractivity contribution in [3.05, 3.63) is 11.8 Å². The maximum atomic E-state index is 10.4. The van der Waals surface area contributed by atoms with Gasteiger partial charge in [0.25, 0.3) is 0 Å². The number of amidine groups is 1. The van der Waals surface area contributed by atoms with E-state index in [4.69, 9.17) is 0 Å². The number of carbonyl (C=O) groups excluding carboxylic acids is 1. The van der Waals surface area contributed by atoms with Crippen molar-refractivity contribution in [2.45, 2.75) is 0 Å². The van der Waals surface area contributed by atoms with E-state index in [1.54, 1.807) is 18.0 Å². The summed E-state index contributed by atoms with van der Waals surface area (Å²) in [6, 6.07) is 0. The van der Waals surface area contributed by atoms with Crippen LogP contribution in [0.4, 0.5) is 0 Å². The number of aliphatic imine (C=N–C) groups is 1. The maximum Gasteiger partial charge on any atom is 0.164 e. The van der Waals surface area contributed by atoms with Crippen molar-refractivity contribution in [3.63, 3.8) is 0 Å². The zero-order valence-electron chi connectivity index (χ0n) is 5.99. The van der Waals surface area contributed by atoms with E-state index in [0.717, 1.165) is 35.9 Å². The van der Waals surface area contributed by atoms with Crippen LogP contribution in [0.1, 0.15) is 0 Å². The Hall–Kier alpha value is -0.770. The summed E-state index contributed by atoms with van der Waals surface area (Å²) in [6.07, 6.45) is 2.54. The molecule has 4 heteroatoms. The number of rotatable bonds is 1. The summed E-state index contributed by atoms with van der Waals surface area (Å²) in [5, 5.41) is 1.07. The first-order chi connectivity index (χ1) is 5.40. The van der Waals surface area contributed by atoms with E-state index in [9.17, 15) is 4.79 Å². The molecule has 0 aromatic rings. The van der Waals surface area contributed by atoms with Crippen LogP contribution in [0.25, 0.3) is 0 Å². The van der Waals surface area contributed by atoms with Gasteiger partial charge in [-0.1, -0.05) is 11.8 Å². The number of fused-ring (bicyclic) bond motifs is 1. The minimum absolute atomic E-state index is 0.745. The number of hydrogen-bond acceptors (Lipinski definition) is 4. The fraction of sp³-hybridized carbons (Fsp3) is 0.429. The van der Waals surface area contributed by atoms with Gasteiger partial charge < -0.3 is 4.90 Å². The van der Waals surface area contributed by atoms with Gasteiger partial charge in [-0.15, -0.1) is 0 Å². The van der Waals surface area contributed by atoms with E-state index in [2.05, 4.69) is 9.89 Å². The van der Waals surface area contributed by atoms with Crippen molar-refractivity contribution >= 4 is 23.2 Å². The largest absolute Gasteiger partial charge is 0.346 e. The monoisotopic (exact) mass is 168 g/mol. The van der Waals surface area contributed by atoms with Gasteiger partial charge in [0, 0.05) is 30.6 Å². The number of nitrogens with zero attached hydrogens (tertiary/aromatic N) is 2. The number of thioether (sulfide) groups is 1. The molecule has 1 saturated heterocycles. The molecule has 2 rings (SSSR count).